The van der Waals surface area contributed by atoms with Crippen molar-refractivity contribution in [3.63, 3.8) is 0 Å². The number of halogens is 2. The van der Waals surface area contributed by atoms with Gasteiger partial charge in [0.15, 0.2) is 11.5 Å². The minimum atomic E-state index is 0. The summed E-state index contributed by atoms with van der Waals surface area (Å²) in [6.07, 6.45) is 4.90. The van der Waals surface area contributed by atoms with Crippen molar-refractivity contribution in [3.05, 3.63) is 23.8 Å². The van der Waals surface area contributed by atoms with E-state index < -0.39 is 0 Å². The summed E-state index contributed by atoms with van der Waals surface area (Å²) in [6, 6.07) is 7.64. The summed E-state index contributed by atoms with van der Waals surface area (Å²) in [6.45, 7) is 4.97. The SMILES string of the molecule is COc1cccc(CN2[C@H]3CCNC[C@@H]2CC3)c1OCCCN(C)C.Cl.Cl. The third-order valence-corrected chi connectivity index (χ3v) is 5.43. The average molecular weight is 420 g/mol. The topological polar surface area (TPSA) is 37.0 Å². The zero-order chi connectivity index (χ0) is 17.6. The molecule has 156 valence electrons. The van der Waals surface area contributed by atoms with Gasteiger partial charge in [-0.25, -0.2) is 0 Å². The number of hydrogen-bond donors (Lipinski definition) is 1. The normalized spacial score (nSPS) is 21.9. The first-order valence-corrected chi connectivity index (χ1v) is 9.59. The van der Waals surface area contributed by atoms with Crippen LogP contribution in [-0.4, -0.2) is 69.3 Å². The van der Waals surface area contributed by atoms with Crippen LogP contribution in [-0.2, 0) is 6.54 Å². The van der Waals surface area contributed by atoms with Gasteiger partial charge in [0.1, 0.15) is 0 Å². The first-order chi connectivity index (χ1) is 12.2. The van der Waals surface area contributed by atoms with Crippen molar-refractivity contribution in [2.75, 3.05) is 47.4 Å². The van der Waals surface area contributed by atoms with E-state index in [1.165, 1.54) is 24.8 Å². The molecule has 0 radical (unpaired) electrons. The Bertz CT molecular complexity index is 546. The van der Waals surface area contributed by atoms with E-state index >= 15 is 0 Å². The predicted molar refractivity (Wildman–Crippen MR) is 116 cm³/mol. The number of hydrogen-bond acceptors (Lipinski definition) is 5. The molecule has 5 nitrogen and oxygen atoms in total. The van der Waals surface area contributed by atoms with Gasteiger partial charge in [0.25, 0.3) is 0 Å². The molecule has 0 saturated carbocycles. The van der Waals surface area contributed by atoms with Crippen molar-refractivity contribution >= 4 is 24.8 Å². The fourth-order valence-corrected chi connectivity index (χ4v) is 4.10. The molecular formula is C20H35Cl2N3O2. The molecule has 2 saturated heterocycles. The van der Waals surface area contributed by atoms with Crippen LogP contribution in [0.25, 0.3) is 0 Å². The maximum Gasteiger partial charge on any atom is 0.165 e. The molecular weight excluding hydrogens is 385 g/mol. The highest BCUT2D eigenvalue weighted by molar-refractivity contribution is 5.85. The lowest BCUT2D eigenvalue weighted by Crippen LogP contribution is -2.37. The Morgan fingerprint density at radius 3 is 2.67 bits per heavy atom. The minimum absolute atomic E-state index is 0. The largest absolute Gasteiger partial charge is 0.493 e. The predicted octanol–water partition coefficient (Wildman–Crippen LogP) is 3.20. The number of nitrogens with zero attached hydrogens (tertiary/aromatic N) is 2. The number of ether oxygens (including phenoxy) is 2. The van der Waals surface area contributed by atoms with Crippen LogP contribution < -0.4 is 14.8 Å². The van der Waals surface area contributed by atoms with Crippen LogP contribution >= 0.6 is 24.8 Å². The van der Waals surface area contributed by atoms with Crippen molar-refractivity contribution in [3.8, 4) is 11.5 Å². The molecule has 2 bridgehead atoms. The molecule has 2 fully saturated rings. The summed E-state index contributed by atoms with van der Waals surface area (Å²) in [4.78, 5) is 4.87. The summed E-state index contributed by atoms with van der Waals surface area (Å²) in [5, 5.41) is 3.58. The van der Waals surface area contributed by atoms with E-state index in [2.05, 4.69) is 41.3 Å². The Labute approximate surface area is 176 Å². The second kappa shape index (κ2) is 12.0. The summed E-state index contributed by atoms with van der Waals surface area (Å²) in [5.41, 5.74) is 1.25. The molecule has 2 atom stereocenters. The van der Waals surface area contributed by atoms with Crippen molar-refractivity contribution in [2.24, 2.45) is 0 Å². The van der Waals surface area contributed by atoms with Gasteiger partial charge in [-0.3, -0.25) is 4.90 Å². The molecule has 1 aromatic carbocycles. The van der Waals surface area contributed by atoms with Crippen LogP contribution in [0.4, 0.5) is 0 Å². The Kier molecular flexibility index (Phi) is 10.8. The van der Waals surface area contributed by atoms with Crippen LogP contribution in [0.2, 0.25) is 0 Å². The Morgan fingerprint density at radius 1 is 1.15 bits per heavy atom. The van der Waals surface area contributed by atoms with Gasteiger partial charge >= 0.3 is 0 Å². The van der Waals surface area contributed by atoms with Crippen LogP contribution in [0.3, 0.4) is 0 Å². The molecule has 7 heteroatoms. The van der Waals surface area contributed by atoms with E-state index in [0.29, 0.717) is 12.1 Å². The summed E-state index contributed by atoms with van der Waals surface area (Å²) < 4.78 is 11.8. The van der Waals surface area contributed by atoms with Crippen LogP contribution in [0.15, 0.2) is 18.2 Å². The molecule has 0 amide bonds. The molecule has 0 aliphatic carbocycles. The number of para-hydroxylation sites is 1. The lowest BCUT2D eigenvalue weighted by Gasteiger charge is -2.28. The number of fused-ring (bicyclic) bond motifs is 2. The van der Waals surface area contributed by atoms with Crippen molar-refractivity contribution in [2.45, 2.75) is 44.3 Å². The van der Waals surface area contributed by atoms with Crippen molar-refractivity contribution in [1.29, 1.82) is 0 Å². The van der Waals surface area contributed by atoms with Gasteiger partial charge in [-0.2, -0.15) is 0 Å². The van der Waals surface area contributed by atoms with E-state index in [1.54, 1.807) is 7.11 Å². The van der Waals surface area contributed by atoms with Gasteiger partial charge in [0.05, 0.1) is 13.7 Å². The molecule has 0 unspecified atom stereocenters. The standard InChI is InChI=1S/C20H33N3O2.2ClH/c1-22(2)12-5-13-25-20-16(6-4-7-19(20)24-3)15-23-17-8-9-18(23)14-21-11-10-17;;/h4,6-7,17-18,21H,5,8-15H2,1-3H3;2*1H/t17-,18+;;/m1../s1. The highest BCUT2D eigenvalue weighted by atomic mass is 35.5. The third kappa shape index (κ3) is 6.40. The van der Waals surface area contributed by atoms with E-state index in [-0.39, 0.29) is 24.8 Å². The van der Waals surface area contributed by atoms with Gasteiger partial charge in [0, 0.05) is 37.3 Å². The molecule has 2 heterocycles. The lowest BCUT2D eigenvalue weighted by molar-refractivity contribution is 0.188. The first kappa shape index (κ1) is 24.3. The molecule has 27 heavy (non-hydrogen) atoms. The number of benzene rings is 1. The van der Waals surface area contributed by atoms with Gasteiger partial charge in [-0.15, -0.1) is 24.8 Å². The molecule has 2 aliphatic rings. The maximum atomic E-state index is 6.18. The van der Waals surface area contributed by atoms with Crippen LogP contribution in [0.5, 0.6) is 11.5 Å². The number of rotatable bonds is 8. The Balaban J connectivity index is 0.00000182. The van der Waals surface area contributed by atoms with E-state index in [4.69, 9.17) is 9.47 Å². The summed E-state index contributed by atoms with van der Waals surface area (Å²) in [5.74, 6) is 1.78. The molecule has 2 aliphatic heterocycles. The van der Waals surface area contributed by atoms with Crippen molar-refractivity contribution in [1.82, 2.24) is 15.1 Å². The van der Waals surface area contributed by atoms with Gasteiger partial charge < -0.3 is 19.7 Å². The zero-order valence-corrected chi connectivity index (χ0v) is 18.4. The molecule has 0 aromatic heterocycles. The summed E-state index contributed by atoms with van der Waals surface area (Å²) in [7, 11) is 5.92. The molecule has 1 N–H and O–H groups in total. The smallest absolute Gasteiger partial charge is 0.165 e. The molecule has 0 spiro atoms. The van der Waals surface area contributed by atoms with Crippen LogP contribution in [0.1, 0.15) is 31.2 Å². The second-order valence-electron chi connectivity index (χ2n) is 7.50. The van der Waals surface area contributed by atoms with Gasteiger partial charge in [-0.1, -0.05) is 12.1 Å². The van der Waals surface area contributed by atoms with E-state index in [9.17, 15) is 0 Å². The maximum absolute atomic E-state index is 6.18. The fraction of sp³-hybridized carbons (Fsp3) is 0.700. The monoisotopic (exact) mass is 419 g/mol. The van der Waals surface area contributed by atoms with E-state index in [1.807, 2.05) is 6.07 Å². The quantitative estimate of drug-likeness (QED) is 0.654. The molecule has 1 aromatic rings. The zero-order valence-electron chi connectivity index (χ0n) is 16.8. The Morgan fingerprint density at radius 2 is 1.93 bits per heavy atom. The summed E-state index contributed by atoms with van der Waals surface area (Å²) >= 11 is 0. The van der Waals surface area contributed by atoms with Crippen LogP contribution in [0, 0.1) is 0 Å². The van der Waals surface area contributed by atoms with E-state index in [0.717, 1.165) is 50.7 Å². The highest BCUT2D eigenvalue weighted by Gasteiger charge is 2.35. The van der Waals surface area contributed by atoms with Gasteiger partial charge in [0.2, 0.25) is 0 Å². The Hall–Kier alpha value is -0.720. The van der Waals surface area contributed by atoms with Crippen molar-refractivity contribution < 1.29 is 9.47 Å². The number of methoxy groups -OCH3 is 1. The van der Waals surface area contributed by atoms with Gasteiger partial charge in [-0.05, 0) is 52.4 Å². The molecule has 3 rings (SSSR count). The fourth-order valence-electron chi connectivity index (χ4n) is 4.10. The third-order valence-electron chi connectivity index (χ3n) is 5.43. The second-order valence-corrected chi connectivity index (χ2v) is 7.50. The number of nitrogens with one attached hydrogen (secondary N) is 1. The lowest BCUT2D eigenvalue weighted by atomic mass is 10.1. The average Bonchev–Trinajstić information content (AvgIpc) is 2.84. The first-order valence-electron chi connectivity index (χ1n) is 9.59. The minimum Gasteiger partial charge on any atom is -0.493 e. The highest BCUT2D eigenvalue weighted by Crippen LogP contribution is 2.36.